The van der Waals surface area contributed by atoms with E-state index in [0.717, 1.165) is 19.4 Å². The van der Waals surface area contributed by atoms with Crippen molar-refractivity contribution in [3.05, 3.63) is 17.2 Å². The molecule has 0 spiro atoms. The van der Waals surface area contributed by atoms with Crippen molar-refractivity contribution in [2.75, 3.05) is 6.61 Å². The third-order valence-electron chi connectivity index (χ3n) is 3.70. The first-order chi connectivity index (χ1) is 7.34. The molecule has 1 saturated heterocycles. The van der Waals surface area contributed by atoms with Gasteiger partial charge in [-0.2, -0.15) is 0 Å². The van der Waals surface area contributed by atoms with Crippen molar-refractivity contribution in [1.29, 1.82) is 0 Å². The summed E-state index contributed by atoms with van der Waals surface area (Å²) in [5, 5.41) is 0. The van der Waals surface area contributed by atoms with Crippen molar-refractivity contribution < 1.29 is 4.74 Å². The molecule has 0 aromatic carbocycles. The maximum absolute atomic E-state index is 5.59. The molecule has 1 aromatic heterocycles. The van der Waals surface area contributed by atoms with Crippen LogP contribution in [-0.4, -0.2) is 22.7 Å². The Morgan fingerprint density at radius 1 is 1.33 bits per heavy atom. The zero-order valence-corrected chi connectivity index (χ0v) is 9.25. The van der Waals surface area contributed by atoms with Crippen LogP contribution < -0.4 is 0 Å². The van der Waals surface area contributed by atoms with Gasteiger partial charge in [0, 0.05) is 18.2 Å². The van der Waals surface area contributed by atoms with Gasteiger partial charge in [-0.1, -0.05) is 0 Å². The Balaban J connectivity index is 1.88. The zero-order chi connectivity index (χ0) is 10.3. The van der Waals surface area contributed by atoms with E-state index < -0.39 is 0 Å². The number of imidazole rings is 1. The van der Waals surface area contributed by atoms with Crippen molar-refractivity contribution in [2.45, 2.75) is 51.0 Å². The molecular weight excluding hydrogens is 188 g/mol. The Bertz CT molecular complexity index is 335. The van der Waals surface area contributed by atoms with Crippen LogP contribution in [-0.2, 0) is 17.6 Å². The summed E-state index contributed by atoms with van der Waals surface area (Å²) in [4.78, 5) is 8.26. The summed E-state index contributed by atoms with van der Waals surface area (Å²) in [5.41, 5.74) is 2.70. The maximum atomic E-state index is 5.59. The van der Waals surface area contributed by atoms with Crippen molar-refractivity contribution in [2.24, 2.45) is 0 Å². The average molecular weight is 206 g/mol. The highest BCUT2D eigenvalue weighted by Gasteiger charge is 2.29. The highest BCUT2D eigenvalue weighted by atomic mass is 16.5. The van der Waals surface area contributed by atoms with Crippen LogP contribution in [0.3, 0.4) is 0 Å². The predicted molar refractivity (Wildman–Crippen MR) is 58.0 cm³/mol. The van der Waals surface area contributed by atoms with Gasteiger partial charge in [-0.15, -0.1) is 0 Å². The van der Waals surface area contributed by atoms with Crippen LogP contribution in [0.5, 0.6) is 0 Å². The minimum Gasteiger partial charge on any atom is -0.378 e. The van der Waals surface area contributed by atoms with Crippen molar-refractivity contribution in [3.63, 3.8) is 0 Å². The Morgan fingerprint density at radius 3 is 2.93 bits per heavy atom. The lowest BCUT2D eigenvalue weighted by Gasteiger charge is -2.10. The molecule has 1 aromatic rings. The number of ether oxygens (including phenoxy) is 1. The fourth-order valence-electron chi connectivity index (χ4n) is 2.74. The van der Waals surface area contributed by atoms with E-state index in [9.17, 15) is 0 Å². The molecule has 1 N–H and O–H groups in total. The Labute approximate surface area is 90.2 Å². The predicted octanol–water partition coefficient (Wildman–Crippen LogP) is 2.18. The second-order valence-corrected chi connectivity index (χ2v) is 4.73. The van der Waals surface area contributed by atoms with E-state index in [-0.39, 0.29) is 0 Å². The molecule has 2 unspecified atom stereocenters. The number of aryl methyl sites for hydroxylation is 2. The van der Waals surface area contributed by atoms with Crippen molar-refractivity contribution >= 4 is 0 Å². The monoisotopic (exact) mass is 206 g/mol. The van der Waals surface area contributed by atoms with E-state index in [0.29, 0.717) is 12.0 Å². The minimum absolute atomic E-state index is 0.331. The molecule has 3 heteroatoms. The van der Waals surface area contributed by atoms with Gasteiger partial charge in [-0.3, -0.25) is 0 Å². The summed E-state index contributed by atoms with van der Waals surface area (Å²) in [6.07, 6.45) is 6.41. The Kier molecular flexibility index (Phi) is 2.28. The molecule has 2 heterocycles. The molecule has 1 aliphatic heterocycles. The van der Waals surface area contributed by atoms with Gasteiger partial charge < -0.3 is 9.72 Å². The molecule has 2 aliphatic rings. The number of hydrogen-bond acceptors (Lipinski definition) is 2. The summed E-state index contributed by atoms with van der Waals surface area (Å²) in [5.74, 6) is 1.67. The molecule has 0 bridgehead atoms. The summed E-state index contributed by atoms with van der Waals surface area (Å²) in [6.45, 7) is 3.04. The molecule has 82 valence electrons. The summed E-state index contributed by atoms with van der Waals surface area (Å²) in [7, 11) is 0. The summed E-state index contributed by atoms with van der Waals surface area (Å²) >= 11 is 0. The SMILES string of the molecule is CC1OCCC1c1nc2c([nH]1)CCCC2. The third-order valence-corrected chi connectivity index (χ3v) is 3.70. The van der Waals surface area contributed by atoms with Gasteiger partial charge in [-0.25, -0.2) is 4.98 Å². The quantitative estimate of drug-likeness (QED) is 0.764. The lowest BCUT2D eigenvalue weighted by Crippen LogP contribution is -2.10. The van der Waals surface area contributed by atoms with Gasteiger partial charge in [0.15, 0.2) is 0 Å². The van der Waals surface area contributed by atoms with Gasteiger partial charge in [0.2, 0.25) is 0 Å². The van der Waals surface area contributed by atoms with Crippen LogP contribution in [0, 0.1) is 0 Å². The molecule has 3 nitrogen and oxygen atoms in total. The minimum atomic E-state index is 0.331. The molecule has 1 aliphatic carbocycles. The topological polar surface area (TPSA) is 37.9 Å². The molecule has 15 heavy (non-hydrogen) atoms. The Morgan fingerprint density at radius 2 is 2.20 bits per heavy atom. The van der Waals surface area contributed by atoms with E-state index in [1.54, 1.807) is 0 Å². The molecule has 2 atom stereocenters. The van der Waals surface area contributed by atoms with Crippen molar-refractivity contribution in [1.82, 2.24) is 9.97 Å². The number of aromatic amines is 1. The van der Waals surface area contributed by atoms with Gasteiger partial charge >= 0.3 is 0 Å². The van der Waals surface area contributed by atoms with E-state index in [2.05, 4.69) is 11.9 Å². The number of aromatic nitrogens is 2. The second kappa shape index (κ2) is 3.63. The number of rotatable bonds is 1. The van der Waals surface area contributed by atoms with E-state index in [4.69, 9.17) is 9.72 Å². The van der Waals surface area contributed by atoms with E-state index >= 15 is 0 Å². The molecule has 1 fully saturated rings. The zero-order valence-electron chi connectivity index (χ0n) is 9.25. The highest BCUT2D eigenvalue weighted by molar-refractivity contribution is 5.20. The normalized spacial score (nSPS) is 30.5. The number of nitrogens with zero attached hydrogens (tertiary/aromatic N) is 1. The lowest BCUT2D eigenvalue weighted by molar-refractivity contribution is 0.117. The van der Waals surface area contributed by atoms with Gasteiger partial charge in [-0.05, 0) is 39.0 Å². The van der Waals surface area contributed by atoms with Crippen LogP contribution in [0.15, 0.2) is 0 Å². The second-order valence-electron chi connectivity index (χ2n) is 4.73. The largest absolute Gasteiger partial charge is 0.378 e. The van der Waals surface area contributed by atoms with Crippen LogP contribution in [0.25, 0.3) is 0 Å². The molecule has 3 rings (SSSR count). The fraction of sp³-hybridized carbons (Fsp3) is 0.750. The van der Waals surface area contributed by atoms with Gasteiger partial charge in [0.1, 0.15) is 5.82 Å². The summed E-state index contributed by atoms with van der Waals surface area (Å²) in [6, 6.07) is 0. The third kappa shape index (κ3) is 1.59. The first kappa shape index (κ1) is 9.40. The molecule has 0 radical (unpaired) electrons. The Hall–Kier alpha value is -0.830. The van der Waals surface area contributed by atoms with Crippen LogP contribution in [0.4, 0.5) is 0 Å². The fourth-order valence-corrected chi connectivity index (χ4v) is 2.74. The number of fused-ring (bicyclic) bond motifs is 1. The highest BCUT2D eigenvalue weighted by Crippen LogP contribution is 2.31. The van der Waals surface area contributed by atoms with E-state index in [1.165, 1.54) is 36.5 Å². The first-order valence-corrected chi connectivity index (χ1v) is 6.04. The smallest absolute Gasteiger partial charge is 0.112 e. The lowest BCUT2D eigenvalue weighted by atomic mass is 10.0. The van der Waals surface area contributed by atoms with Crippen LogP contribution in [0.1, 0.15) is 49.3 Å². The van der Waals surface area contributed by atoms with Crippen LogP contribution in [0.2, 0.25) is 0 Å². The first-order valence-electron chi connectivity index (χ1n) is 6.04. The molecule has 0 amide bonds. The number of H-pyrrole nitrogens is 1. The van der Waals surface area contributed by atoms with Gasteiger partial charge in [0.25, 0.3) is 0 Å². The molecule has 0 saturated carbocycles. The standard InChI is InChI=1S/C12H18N2O/c1-8-9(6-7-15-8)12-13-10-4-2-3-5-11(10)14-12/h8-9H,2-7H2,1H3,(H,13,14). The van der Waals surface area contributed by atoms with Crippen molar-refractivity contribution in [3.8, 4) is 0 Å². The number of nitrogens with one attached hydrogen (secondary N) is 1. The van der Waals surface area contributed by atoms with Crippen LogP contribution >= 0.6 is 0 Å². The average Bonchev–Trinajstić information content (AvgIpc) is 2.82. The molecular formula is C12H18N2O. The van der Waals surface area contributed by atoms with E-state index in [1.807, 2.05) is 0 Å². The number of hydrogen-bond donors (Lipinski definition) is 1. The van der Waals surface area contributed by atoms with Gasteiger partial charge in [0.05, 0.1) is 11.8 Å². The summed E-state index contributed by atoms with van der Waals surface area (Å²) < 4.78 is 5.59. The maximum Gasteiger partial charge on any atom is 0.112 e.